The molecule has 2 heterocycles. The van der Waals surface area contributed by atoms with E-state index in [-0.39, 0.29) is 0 Å². The van der Waals surface area contributed by atoms with Crippen LogP contribution in [0.5, 0.6) is 0 Å². The minimum Gasteiger partial charge on any atom is -0.368 e. The molecule has 1 aromatic carbocycles. The first-order valence-corrected chi connectivity index (χ1v) is 7.27. The Kier molecular flexibility index (Phi) is 3.75. The fraction of sp³-hybridized carbons (Fsp3) is 0.375. The summed E-state index contributed by atoms with van der Waals surface area (Å²) in [6.07, 6.45) is 0. The quantitative estimate of drug-likeness (QED) is 0.910. The number of benzene rings is 1. The summed E-state index contributed by atoms with van der Waals surface area (Å²) in [7, 11) is 2.14. The van der Waals surface area contributed by atoms with Crippen LogP contribution in [0.2, 0.25) is 0 Å². The molecule has 0 spiro atoms. The average Bonchev–Trinajstić information content (AvgIpc) is 2.48. The first kappa shape index (κ1) is 13.8. The molecule has 5 nitrogen and oxygen atoms in total. The van der Waals surface area contributed by atoms with Crippen molar-refractivity contribution in [3.05, 3.63) is 35.9 Å². The third-order valence-electron chi connectivity index (χ3n) is 3.98. The Hall–Kier alpha value is -2.14. The topological polar surface area (TPSA) is 58.3 Å². The number of nitrogens with zero attached hydrogens (tertiary/aromatic N) is 4. The second-order valence-electron chi connectivity index (χ2n) is 5.57. The summed E-state index contributed by atoms with van der Waals surface area (Å²) in [4.78, 5) is 13.4. The number of hydrogen-bond acceptors (Lipinski definition) is 5. The lowest BCUT2D eigenvalue weighted by atomic mass is 10.1. The molecule has 0 saturated carbocycles. The van der Waals surface area contributed by atoms with Crippen LogP contribution in [0.4, 0.5) is 11.8 Å². The van der Waals surface area contributed by atoms with E-state index in [1.807, 2.05) is 18.2 Å². The standard InChI is InChI=1S/C16H21N5/c1-12-5-3-4-6-13(12)14-11-15(19-16(17)18-14)21-9-7-20(2)8-10-21/h3-6,11H,7-10H2,1-2H3,(H2,17,18,19). The Labute approximate surface area is 125 Å². The number of rotatable bonds is 2. The molecule has 110 valence electrons. The molecule has 0 aliphatic carbocycles. The van der Waals surface area contributed by atoms with E-state index >= 15 is 0 Å². The highest BCUT2D eigenvalue weighted by Crippen LogP contribution is 2.25. The summed E-state index contributed by atoms with van der Waals surface area (Å²) in [5.41, 5.74) is 9.13. The Morgan fingerprint density at radius 1 is 1.05 bits per heavy atom. The molecule has 3 rings (SSSR count). The lowest BCUT2D eigenvalue weighted by molar-refractivity contribution is 0.312. The van der Waals surface area contributed by atoms with Crippen LogP contribution in [0.15, 0.2) is 30.3 Å². The third-order valence-corrected chi connectivity index (χ3v) is 3.98. The molecule has 1 saturated heterocycles. The van der Waals surface area contributed by atoms with E-state index in [9.17, 15) is 0 Å². The average molecular weight is 283 g/mol. The molecular weight excluding hydrogens is 262 g/mol. The van der Waals surface area contributed by atoms with Gasteiger partial charge in [0.2, 0.25) is 5.95 Å². The Morgan fingerprint density at radius 3 is 2.48 bits per heavy atom. The van der Waals surface area contributed by atoms with Crippen LogP contribution < -0.4 is 10.6 Å². The van der Waals surface area contributed by atoms with Gasteiger partial charge in [0.1, 0.15) is 5.82 Å². The van der Waals surface area contributed by atoms with Gasteiger partial charge in [-0.2, -0.15) is 4.98 Å². The predicted molar refractivity (Wildman–Crippen MR) is 86.3 cm³/mol. The SMILES string of the molecule is Cc1ccccc1-c1cc(N2CCN(C)CC2)nc(N)n1. The van der Waals surface area contributed by atoms with Gasteiger partial charge in [0, 0.05) is 37.8 Å². The number of likely N-dealkylation sites (N-methyl/N-ethyl adjacent to an activating group) is 1. The molecule has 0 radical (unpaired) electrons. The third kappa shape index (κ3) is 2.97. The fourth-order valence-corrected chi connectivity index (χ4v) is 2.65. The van der Waals surface area contributed by atoms with E-state index in [1.54, 1.807) is 0 Å². The first-order chi connectivity index (χ1) is 10.1. The Balaban J connectivity index is 1.95. The van der Waals surface area contributed by atoms with E-state index in [0.29, 0.717) is 5.95 Å². The predicted octanol–water partition coefficient (Wildman–Crippen LogP) is 1.79. The molecule has 1 aliphatic rings. The molecule has 0 atom stereocenters. The van der Waals surface area contributed by atoms with Gasteiger partial charge in [0.25, 0.3) is 0 Å². The maximum Gasteiger partial charge on any atom is 0.222 e. The number of nitrogen functional groups attached to an aromatic ring is 1. The van der Waals surface area contributed by atoms with Gasteiger partial charge >= 0.3 is 0 Å². The van der Waals surface area contributed by atoms with Crippen LogP contribution in [-0.4, -0.2) is 48.1 Å². The van der Waals surface area contributed by atoms with E-state index in [2.05, 4.69) is 45.9 Å². The van der Waals surface area contributed by atoms with E-state index in [0.717, 1.165) is 43.3 Å². The van der Waals surface area contributed by atoms with Gasteiger partial charge in [0.15, 0.2) is 0 Å². The number of aromatic nitrogens is 2. The van der Waals surface area contributed by atoms with Crippen molar-refractivity contribution in [3.63, 3.8) is 0 Å². The second-order valence-corrected chi connectivity index (χ2v) is 5.57. The number of aryl methyl sites for hydroxylation is 1. The van der Waals surface area contributed by atoms with Crippen molar-refractivity contribution in [1.82, 2.24) is 14.9 Å². The maximum atomic E-state index is 5.92. The molecule has 0 amide bonds. The molecule has 1 aromatic heterocycles. The van der Waals surface area contributed by atoms with Crippen molar-refractivity contribution < 1.29 is 0 Å². The van der Waals surface area contributed by atoms with Gasteiger partial charge in [-0.3, -0.25) is 0 Å². The lowest BCUT2D eigenvalue weighted by Gasteiger charge is -2.33. The zero-order chi connectivity index (χ0) is 14.8. The summed E-state index contributed by atoms with van der Waals surface area (Å²) < 4.78 is 0. The highest BCUT2D eigenvalue weighted by Gasteiger charge is 2.17. The van der Waals surface area contributed by atoms with Gasteiger partial charge in [-0.1, -0.05) is 24.3 Å². The van der Waals surface area contributed by atoms with E-state index < -0.39 is 0 Å². The minimum absolute atomic E-state index is 0.338. The zero-order valence-corrected chi connectivity index (χ0v) is 12.6. The van der Waals surface area contributed by atoms with Crippen molar-refractivity contribution in [3.8, 4) is 11.3 Å². The first-order valence-electron chi connectivity index (χ1n) is 7.27. The van der Waals surface area contributed by atoms with Gasteiger partial charge in [-0.15, -0.1) is 0 Å². The number of hydrogen-bond donors (Lipinski definition) is 1. The molecule has 0 bridgehead atoms. The summed E-state index contributed by atoms with van der Waals surface area (Å²) >= 11 is 0. The summed E-state index contributed by atoms with van der Waals surface area (Å²) in [5, 5.41) is 0. The van der Waals surface area contributed by atoms with Crippen molar-refractivity contribution in [2.24, 2.45) is 0 Å². The van der Waals surface area contributed by atoms with Crippen molar-refractivity contribution in [1.29, 1.82) is 0 Å². The molecule has 5 heteroatoms. The largest absolute Gasteiger partial charge is 0.368 e. The highest BCUT2D eigenvalue weighted by atomic mass is 15.3. The van der Waals surface area contributed by atoms with Crippen molar-refractivity contribution >= 4 is 11.8 Å². The molecule has 2 N–H and O–H groups in total. The van der Waals surface area contributed by atoms with Crippen LogP contribution in [0, 0.1) is 6.92 Å². The number of piperazine rings is 1. The second kappa shape index (κ2) is 5.69. The van der Waals surface area contributed by atoms with Crippen LogP contribution in [0.1, 0.15) is 5.56 Å². The van der Waals surface area contributed by atoms with Crippen LogP contribution in [0.25, 0.3) is 11.3 Å². The van der Waals surface area contributed by atoms with Crippen LogP contribution >= 0.6 is 0 Å². The van der Waals surface area contributed by atoms with Crippen molar-refractivity contribution in [2.45, 2.75) is 6.92 Å². The highest BCUT2D eigenvalue weighted by molar-refractivity contribution is 5.67. The molecule has 1 aliphatic heterocycles. The summed E-state index contributed by atoms with van der Waals surface area (Å²) in [6, 6.07) is 10.3. The van der Waals surface area contributed by atoms with E-state index in [4.69, 9.17) is 5.73 Å². The lowest BCUT2D eigenvalue weighted by Crippen LogP contribution is -2.44. The van der Waals surface area contributed by atoms with Gasteiger partial charge < -0.3 is 15.5 Å². The molecule has 0 unspecified atom stereocenters. The van der Waals surface area contributed by atoms with Gasteiger partial charge in [-0.05, 0) is 19.5 Å². The van der Waals surface area contributed by atoms with Crippen molar-refractivity contribution in [2.75, 3.05) is 43.9 Å². The Morgan fingerprint density at radius 2 is 1.76 bits per heavy atom. The van der Waals surface area contributed by atoms with E-state index in [1.165, 1.54) is 5.56 Å². The van der Waals surface area contributed by atoms with Crippen LogP contribution in [-0.2, 0) is 0 Å². The number of anilines is 2. The normalized spacial score (nSPS) is 16.2. The zero-order valence-electron chi connectivity index (χ0n) is 12.6. The molecular formula is C16H21N5. The minimum atomic E-state index is 0.338. The fourth-order valence-electron chi connectivity index (χ4n) is 2.65. The maximum absolute atomic E-state index is 5.92. The van der Waals surface area contributed by atoms with Gasteiger partial charge in [0.05, 0.1) is 5.69 Å². The summed E-state index contributed by atoms with van der Waals surface area (Å²) in [5.74, 6) is 1.26. The van der Waals surface area contributed by atoms with Gasteiger partial charge in [-0.25, -0.2) is 4.98 Å². The molecule has 21 heavy (non-hydrogen) atoms. The molecule has 1 fully saturated rings. The summed E-state index contributed by atoms with van der Waals surface area (Å²) in [6.45, 7) is 6.12. The molecule has 2 aromatic rings. The Bertz CT molecular complexity index is 632. The smallest absolute Gasteiger partial charge is 0.222 e. The van der Waals surface area contributed by atoms with Crippen LogP contribution in [0.3, 0.4) is 0 Å². The number of nitrogens with two attached hydrogens (primary N) is 1. The monoisotopic (exact) mass is 283 g/mol.